The highest BCUT2D eigenvalue weighted by Crippen LogP contribution is 2.29. The van der Waals surface area contributed by atoms with Crippen molar-refractivity contribution in [1.29, 1.82) is 0 Å². The quantitative estimate of drug-likeness (QED) is 0.731. The fourth-order valence-electron chi connectivity index (χ4n) is 3.13. The zero-order valence-electron chi connectivity index (χ0n) is 12.3. The molecule has 1 amide bonds. The Kier molecular flexibility index (Phi) is 3.18. The SMILES string of the molecule is Cn1c([C@@H]2CCN(C(=O)c3ccsc3)C2)nc2cccnc21. The van der Waals surface area contributed by atoms with Crippen molar-refractivity contribution < 1.29 is 4.79 Å². The first-order chi connectivity index (χ1) is 10.7. The highest BCUT2D eigenvalue weighted by atomic mass is 32.1. The first-order valence-electron chi connectivity index (χ1n) is 7.33. The second kappa shape index (κ2) is 5.21. The van der Waals surface area contributed by atoms with E-state index in [1.54, 1.807) is 17.5 Å². The molecule has 0 saturated carbocycles. The van der Waals surface area contributed by atoms with Crippen LogP contribution in [-0.2, 0) is 7.05 Å². The summed E-state index contributed by atoms with van der Waals surface area (Å²) in [5.41, 5.74) is 2.61. The predicted molar refractivity (Wildman–Crippen MR) is 86.1 cm³/mol. The van der Waals surface area contributed by atoms with Crippen molar-refractivity contribution in [3.63, 3.8) is 0 Å². The van der Waals surface area contributed by atoms with Crippen LogP contribution in [0.4, 0.5) is 0 Å². The smallest absolute Gasteiger partial charge is 0.254 e. The van der Waals surface area contributed by atoms with Crippen LogP contribution in [-0.4, -0.2) is 38.4 Å². The Morgan fingerprint density at radius 3 is 3.09 bits per heavy atom. The second-order valence-electron chi connectivity index (χ2n) is 5.62. The third-order valence-corrected chi connectivity index (χ3v) is 4.95. The van der Waals surface area contributed by atoms with Gasteiger partial charge in [0.2, 0.25) is 0 Å². The van der Waals surface area contributed by atoms with E-state index in [1.165, 1.54) is 0 Å². The van der Waals surface area contributed by atoms with Gasteiger partial charge in [-0.25, -0.2) is 9.97 Å². The molecule has 112 valence electrons. The van der Waals surface area contributed by atoms with Crippen LogP contribution in [0, 0.1) is 0 Å². The number of carbonyl (C=O) groups is 1. The van der Waals surface area contributed by atoms with Gasteiger partial charge in [0.05, 0.1) is 5.56 Å². The minimum Gasteiger partial charge on any atom is -0.338 e. The van der Waals surface area contributed by atoms with E-state index in [-0.39, 0.29) is 11.8 Å². The summed E-state index contributed by atoms with van der Waals surface area (Å²) in [6.45, 7) is 1.52. The Bertz CT molecular complexity index is 824. The zero-order chi connectivity index (χ0) is 15.1. The van der Waals surface area contributed by atoms with Crippen LogP contribution < -0.4 is 0 Å². The lowest BCUT2D eigenvalue weighted by molar-refractivity contribution is 0.0791. The summed E-state index contributed by atoms with van der Waals surface area (Å²) in [6, 6.07) is 5.77. The number of imidazole rings is 1. The van der Waals surface area contributed by atoms with Crippen LogP contribution in [0.3, 0.4) is 0 Å². The molecule has 5 nitrogen and oxygen atoms in total. The van der Waals surface area contributed by atoms with Gasteiger partial charge in [0, 0.05) is 37.6 Å². The number of nitrogens with zero attached hydrogens (tertiary/aromatic N) is 4. The first kappa shape index (κ1) is 13.5. The largest absolute Gasteiger partial charge is 0.338 e. The third kappa shape index (κ3) is 2.11. The Labute approximate surface area is 132 Å². The highest BCUT2D eigenvalue weighted by molar-refractivity contribution is 7.08. The average Bonchev–Trinajstić information content (AvgIpc) is 3.27. The molecule has 0 N–H and O–H groups in total. The van der Waals surface area contributed by atoms with Crippen molar-refractivity contribution in [2.45, 2.75) is 12.3 Å². The highest BCUT2D eigenvalue weighted by Gasteiger charge is 2.31. The maximum absolute atomic E-state index is 12.4. The van der Waals surface area contributed by atoms with E-state index in [4.69, 9.17) is 4.98 Å². The van der Waals surface area contributed by atoms with Gasteiger partial charge in [-0.05, 0) is 30.0 Å². The predicted octanol–water partition coefficient (Wildman–Crippen LogP) is 2.66. The first-order valence-corrected chi connectivity index (χ1v) is 8.27. The minimum atomic E-state index is 0.126. The molecule has 3 aromatic heterocycles. The van der Waals surface area contributed by atoms with Gasteiger partial charge in [-0.2, -0.15) is 11.3 Å². The Morgan fingerprint density at radius 2 is 2.32 bits per heavy atom. The molecule has 0 aliphatic carbocycles. The lowest BCUT2D eigenvalue weighted by Gasteiger charge is -2.15. The van der Waals surface area contributed by atoms with Gasteiger partial charge in [0.1, 0.15) is 11.3 Å². The molecular formula is C16H16N4OS. The molecule has 0 bridgehead atoms. The maximum atomic E-state index is 12.4. The third-order valence-electron chi connectivity index (χ3n) is 4.27. The van der Waals surface area contributed by atoms with Gasteiger partial charge in [0.25, 0.3) is 5.91 Å². The Balaban J connectivity index is 1.59. The maximum Gasteiger partial charge on any atom is 0.254 e. The van der Waals surface area contributed by atoms with E-state index in [1.807, 2.05) is 40.9 Å². The number of fused-ring (bicyclic) bond motifs is 1. The van der Waals surface area contributed by atoms with Crippen LogP contribution in [0.1, 0.15) is 28.5 Å². The van der Waals surface area contributed by atoms with Crippen LogP contribution in [0.5, 0.6) is 0 Å². The lowest BCUT2D eigenvalue weighted by Crippen LogP contribution is -2.28. The van der Waals surface area contributed by atoms with Crippen molar-refractivity contribution in [2.24, 2.45) is 7.05 Å². The van der Waals surface area contributed by atoms with Crippen molar-refractivity contribution in [1.82, 2.24) is 19.4 Å². The number of pyridine rings is 1. The van der Waals surface area contributed by atoms with E-state index in [9.17, 15) is 4.79 Å². The molecule has 4 rings (SSSR count). The molecule has 1 aliphatic rings. The number of thiophene rings is 1. The van der Waals surface area contributed by atoms with Gasteiger partial charge in [0.15, 0.2) is 5.65 Å². The lowest BCUT2D eigenvalue weighted by atomic mass is 10.1. The van der Waals surface area contributed by atoms with Crippen LogP contribution in [0.15, 0.2) is 35.2 Å². The van der Waals surface area contributed by atoms with E-state index < -0.39 is 0 Å². The van der Waals surface area contributed by atoms with E-state index in [0.29, 0.717) is 0 Å². The molecule has 1 aliphatic heterocycles. The van der Waals surface area contributed by atoms with E-state index >= 15 is 0 Å². The van der Waals surface area contributed by atoms with Crippen molar-refractivity contribution in [3.05, 3.63) is 46.5 Å². The molecular weight excluding hydrogens is 296 g/mol. The topological polar surface area (TPSA) is 51.0 Å². The minimum absolute atomic E-state index is 0.126. The summed E-state index contributed by atoms with van der Waals surface area (Å²) >= 11 is 1.56. The second-order valence-corrected chi connectivity index (χ2v) is 6.40. The summed E-state index contributed by atoms with van der Waals surface area (Å²) in [6.07, 6.45) is 2.74. The number of hydrogen-bond acceptors (Lipinski definition) is 4. The molecule has 0 radical (unpaired) electrons. The molecule has 0 unspecified atom stereocenters. The van der Waals surface area contributed by atoms with Gasteiger partial charge in [-0.3, -0.25) is 4.79 Å². The van der Waals surface area contributed by atoms with E-state index in [0.717, 1.165) is 42.1 Å². The van der Waals surface area contributed by atoms with Gasteiger partial charge in [-0.15, -0.1) is 0 Å². The Morgan fingerprint density at radius 1 is 1.41 bits per heavy atom. The average molecular weight is 312 g/mol. The summed E-state index contributed by atoms with van der Waals surface area (Å²) < 4.78 is 2.05. The fraction of sp³-hybridized carbons (Fsp3) is 0.312. The Hall–Kier alpha value is -2.21. The van der Waals surface area contributed by atoms with Crippen molar-refractivity contribution >= 4 is 28.4 Å². The van der Waals surface area contributed by atoms with Gasteiger partial charge < -0.3 is 9.47 Å². The standard InChI is InChI=1S/C16H16N4OS/c1-19-14(18-13-3-2-6-17-15(13)19)11-4-7-20(9-11)16(21)12-5-8-22-10-12/h2-3,5-6,8,10-11H,4,7,9H2,1H3/t11-/m1/s1. The zero-order valence-corrected chi connectivity index (χ0v) is 13.1. The van der Waals surface area contributed by atoms with E-state index in [2.05, 4.69) is 9.55 Å². The number of likely N-dealkylation sites (tertiary alicyclic amines) is 1. The number of aryl methyl sites for hydroxylation is 1. The number of carbonyl (C=O) groups excluding carboxylic acids is 1. The van der Waals surface area contributed by atoms with Crippen LogP contribution in [0.25, 0.3) is 11.2 Å². The number of amides is 1. The molecule has 4 heterocycles. The summed E-state index contributed by atoms with van der Waals surface area (Å²) in [7, 11) is 2.00. The van der Waals surface area contributed by atoms with Crippen molar-refractivity contribution in [2.75, 3.05) is 13.1 Å². The molecule has 6 heteroatoms. The van der Waals surface area contributed by atoms with Crippen LogP contribution in [0.2, 0.25) is 0 Å². The molecule has 0 aromatic carbocycles. The molecule has 1 fully saturated rings. The summed E-state index contributed by atoms with van der Waals surface area (Å²) in [5.74, 6) is 1.43. The van der Waals surface area contributed by atoms with Gasteiger partial charge in [-0.1, -0.05) is 0 Å². The monoisotopic (exact) mass is 312 g/mol. The summed E-state index contributed by atoms with van der Waals surface area (Å²) in [5, 5.41) is 3.85. The van der Waals surface area contributed by atoms with Gasteiger partial charge >= 0.3 is 0 Å². The van der Waals surface area contributed by atoms with Crippen LogP contribution >= 0.6 is 11.3 Å². The fourth-order valence-corrected chi connectivity index (χ4v) is 3.76. The summed E-state index contributed by atoms with van der Waals surface area (Å²) in [4.78, 5) is 23.5. The molecule has 1 atom stereocenters. The van der Waals surface area contributed by atoms with Crippen molar-refractivity contribution in [3.8, 4) is 0 Å². The number of aromatic nitrogens is 3. The molecule has 3 aromatic rings. The molecule has 0 spiro atoms. The normalized spacial score (nSPS) is 18.2. The molecule has 22 heavy (non-hydrogen) atoms. The molecule has 1 saturated heterocycles. The number of rotatable bonds is 2. The number of hydrogen-bond donors (Lipinski definition) is 0.